The summed E-state index contributed by atoms with van der Waals surface area (Å²) in [4.78, 5) is 17.3. The molecule has 0 radical (unpaired) electrons. The summed E-state index contributed by atoms with van der Waals surface area (Å²) in [5, 5.41) is 3.24. The molecule has 1 aromatic heterocycles. The van der Waals surface area contributed by atoms with Crippen molar-refractivity contribution in [3.8, 4) is 0 Å². The Morgan fingerprint density at radius 3 is 2.85 bits per heavy atom. The predicted molar refractivity (Wildman–Crippen MR) is 75.0 cm³/mol. The molecule has 0 bridgehead atoms. The Morgan fingerprint density at radius 1 is 1.30 bits per heavy atom. The molecule has 0 fully saturated rings. The highest BCUT2D eigenvalue weighted by molar-refractivity contribution is 5.97. The Balaban J connectivity index is 1.92. The molecule has 1 aliphatic rings. The van der Waals surface area contributed by atoms with E-state index in [9.17, 15) is 9.18 Å². The van der Waals surface area contributed by atoms with Crippen LogP contribution in [0, 0.1) is 5.95 Å². The van der Waals surface area contributed by atoms with Gasteiger partial charge in [0, 0.05) is 12.7 Å². The lowest BCUT2D eigenvalue weighted by molar-refractivity contribution is -0.118. The molecule has 4 nitrogen and oxygen atoms in total. The van der Waals surface area contributed by atoms with Crippen molar-refractivity contribution < 1.29 is 9.18 Å². The molecular weight excluding hydrogens is 257 g/mol. The first-order valence-electron chi connectivity index (χ1n) is 6.39. The van der Waals surface area contributed by atoms with Gasteiger partial charge in [-0.25, -0.2) is 4.98 Å². The second-order valence-electron chi connectivity index (χ2n) is 4.78. The summed E-state index contributed by atoms with van der Waals surface area (Å²) in [6.07, 6.45) is 1.80. The Bertz CT molecular complexity index is 642. The fourth-order valence-corrected chi connectivity index (χ4v) is 2.43. The molecule has 0 aliphatic carbocycles. The third kappa shape index (κ3) is 2.22. The summed E-state index contributed by atoms with van der Waals surface area (Å²) in [5.74, 6) is -0.466. The number of pyridine rings is 1. The number of benzene rings is 1. The first-order chi connectivity index (χ1) is 9.65. The summed E-state index contributed by atoms with van der Waals surface area (Å²) < 4.78 is 12.8. The molecule has 1 atom stereocenters. The first kappa shape index (κ1) is 12.6. The Morgan fingerprint density at radius 2 is 2.10 bits per heavy atom. The first-order valence-corrected chi connectivity index (χ1v) is 6.39. The van der Waals surface area contributed by atoms with Gasteiger partial charge in [0.15, 0.2) is 0 Å². The lowest BCUT2D eigenvalue weighted by Gasteiger charge is -2.32. The second kappa shape index (κ2) is 4.92. The van der Waals surface area contributed by atoms with Crippen molar-refractivity contribution in [2.45, 2.75) is 12.5 Å². The molecule has 2 aromatic rings. The number of carbonyl (C=O) groups is 1. The molecule has 1 N–H and O–H groups in total. The fourth-order valence-electron chi connectivity index (χ4n) is 2.43. The molecule has 0 spiro atoms. The zero-order valence-corrected chi connectivity index (χ0v) is 11.0. The lowest BCUT2D eigenvalue weighted by Crippen LogP contribution is -2.35. The van der Waals surface area contributed by atoms with Gasteiger partial charge in [0.05, 0.1) is 24.3 Å². The molecule has 3 rings (SSSR count). The number of nitrogens with one attached hydrogen (secondary N) is 1. The lowest BCUT2D eigenvalue weighted by atomic mass is 9.96. The van der Waals surface area contributed by atoms with E-state index in [0.717, 1.165) is 11.3 Å². The van der Waals surface area contributed by atoms with Gasteiger partial charge < -0.3 is 10.2 Å². The summed E-state index contributed by atoms with van der Waals surface area (Å²) in [5.41, 5.74) is 2.65. The molecule has 0 saturated heterocycles. The monoisotopic (exact) mass is 271 g/mol. The van der Waals surface area contributed by atoms with E-state index in [4.69, 9.17) is 0 Å². The summed E-state index contributed by atoms with van der Waals surface area (Å²) in [7, 11) is 1.77. The highest BCUT2D eigenvalue weighted by Gasteiger charge is 2.28. The summed E-state index contributed by atoms with van der Waals surface area (Å²) >= 11 is 0. The van der Waals surface area contributed by atoms with Crippen LogP contribution in [0.3, 0.4) is 0 Å². The van der Waals surface area contributed by atoms with E-state index in [-0.39, 0.29) is 11.9 Å². The standard InChI is InChI=1S/C15H14FN3O/c1-19-13-5-3-2-4-11(13)12(8-15(19)20)18-10-6-7-14(16)17-9-10/h2-7,9,12,18H,8H2,1H3. The third-order valence-corrected chi connectivity index (χ3v) is 3.49. The number of nitrogens with zero attached hydrogens (tertiary/aromatic N) is 2. The maximum atomic E-state index is 12.8. The average Bonchev–Trinajstić information content (AvgIpc) is 2.47. The van der Waals surface area contributed by atoms with Crippen molar-refractivity contribution in [3.63, 3.8) is 0 Å². The van der Waals surface area contributed by atoms with Gasteiger partial charge in [-0.1, -0.05) is 18.2 Å². The number of hydrogen-bond acceptors (Lipinski definition) is 3. The van der Waals surface area contributed by atoms with Gasteiger partial charge in [-0.15, -0.1) is 0 Å². The molecule has 1 aliphatic heterocycles. The van der Waals surface area contributed by atoms with E-state index in [1.54, 1.807) is 18.0 Å². The predicted octanol–water partition coefficient (Wildman–Crippen LogP) is 2.74. The van der Waals surface area contributed by atoms with Gasteiger partial charge in [0.2, 0.25) is 11.9 Å². The van der Waals surface area contributed by atoms with Gasteiger partial charge in [0.25, 0.3) is 0 Å². The van der Waals surface area contributed by atoms with Crippen LogP contribution < -0.4 is 10.2 Å². The van der Waals surface area contributed by atoms with E-state index in [1.807, 2.05) is 24.3 Å². The van der Waals surface area contributed by atoms with Crippen molar-refractivity contribution >= 4 is 17.3 Å². The zero-order valence-electron chi connectivity index (χ0n) is 11.0. The Hall–Kier alpha value is -2.43. The number of hydrogen-bond donors (Lipinski definition) is 1. The van der Waals surface area contributed by atoms with Crippen molar-refractivity contribution in [1.29, 1.82) is 0 Å². The van der Waals surface area contributed by atoms with Crippen LogP contribution in [0.2, 0.25) is 0 Å². The molecule has 20 heavy (non-hydrogen) atoms. The van der Waals surface area contributed by atoms with Crippen LogP contribution in [0.5, 0.6) is 0 Å². The highest BCUT2D eigenvalue weighted by atomic mass is 19.1. The van der Waals surface area contributed by atoms with Crippen LogP contribution in [0.15, 0.2) is 42.6 Å². The van der Waals surface area contributed by atoms with Crippen molar-refractivity contribution in [2.24, 2.45) is 0 Å². The molecule has 0 saturated carbocycles. The number of halogens is 1. The minimum absolute atomic E-state index is 0.0521. The quantitative estimate of drug-likeness (QED) is 0.854. The maximum Gasteiger partial charge on any atom is 0.229 e. The number of aromatic nitrogens is 1. The normalized spacial score (nSPS) is 17.8. The zero-order chi connectivity index (χ0) is 14.1. The van der Waals surface area contributed by atoms with Gasteiger partial charge >= 0.3 is 0 Å². The number of para-hydroxylation sites is 1. The molecule has 2 heterocycles. The third-order valence-electron chi connectivity index (χ3n) is 3.49. The van der Waals surface area contributed by atoms with Crippen LogP contribution in [0.1, 0.15) is 18.0 Å². The molecule has 1 aromatic carbocycles. The second-order valence-corrected chi connectivity index (χ2v) is 4.78. The van der Waals surface area contributed by atoms with E-state index < -0.39 is 5.95 Å². The van der Waals surface area contributed by atoms with Gasteiger partial charge in [-0.2, -0.15) is 4.39 Å². The number of fused-ring (bicyclic) bond motifs is 1. The maximum absolute atomic E-state index is 12.8. The number of anilines is 2. The van der Waals surface area contributed by atoms with Gasteiger partial charge in [-0.3, -0.25) is 4.79 Å². The van der Waals surface area contributed by atoms with Crippen LogP contribution in [0.25, 0.3) is 0 Å². The SMILES string of the molecule is CN1C(=O)CC(Nc2ccc(F)nc2)c2ccccc21. The van der Waals surface area contributed by atoms with Crippen molar-refractivity contribution in [1.82, 2.24) is 4.98 Å². The highest BCUT2D eigenvalue weighted by Crippen LogP contribution is 2.35. The van der Waals surface area contributed by atoms with Crippen LogP contribution >= 0.6 is 0 Å². The largest absolute Gasteiger partial charge is 0.376 e. The molecule has 1 amide bonds. The van der Waals surface area contributed by atoms with Crippen LogP contribution in [0.4, 0.5) is 15.8 Å². The number of carbonyl (C=O) groups excluding carboxylic acids is 1. The topological polar surface area (TPSA) is 45.2 Å². The molecule has 1 unspecified atom stereocenters. The van der Waals surface area contributed by atoms with E-state index in [0.29, 0.717) is 12.1 Å². The minimum Gasteiger partial charge on any atom is -0.376 e. The summed E-state index contributed by atoms with van der Waals surface area (Å²) in [6.45, 7) is 0. The number of amides is 1. The van der Waals surface area contributed by atoms with Crippen molar-refractivity contribution in [2.75, 3.05) is 17.3 Å². The fraction of sp³-hybridized carbons (Fsp3) is 0.200. The molecular formula is C15H14FN3O. The molecule has 5 heteroatoms. The smallest absolute Gasteiger partial charge is 0.229 e. The average molecular weight is 271 g/mol. The van der Waals surface area contributed by atoms with E-state index >= 15 is 0 Å². The molecule has 102 valence electrons. The Kier molecular flexibility index (Phi) is 3.10. The Labute approximate surface area is 116 Å². The van der Waals surface area contributed by atoms with Crippen molar-refractivity contribution in [3.05, 3.63) is 54.1 Å². The van der Waals surface area contributed by atoms with E-state index in [2.05, 4.69) is 10.3 Å². The summed E-state index contributed by atoms with van der Waals surface area (Å²) in [6, 6.07) is 10.6. The van der Waals surface area contributed by atoms with E-state index in [1.165, 1.54) is 12.3 Å². The van der Waals surface area contributed by atoms with Gasteiger partial charge in [0.1, 0.15) is 0 Å². The number of rotatable bonds is 2. The van der Waals surface area contributed by atoms with Crippen LogP contribution in [-0.4, -0.2) is 17.9 Å². The van der Waals surface area contributed by atoms with Crippen LogP contribution in [-0.2, 0) is 4.79 Å². The minimum atomic E-state index is -0.518. The van der Waals surface area contributed by atoms with Gasteiger partial charge in [-0.05, 0) is 23.8 Å².